The highest BCUT2D eigenvalue weighted by molar-refractivity contribution is 8.08. The molecule has 1 saturated heterocycles. The molecule has 0 aliphatic carbocycles. The van der Waals surface area contributed by atoms with Crippen LogP contribution in [0.25, 0.3) is 6.08 Å². The van der Waals surface area contributed by atoms with E-state index in [2.05, 4.69) is 24.8 Å². The molecule has 34 heavy (non-hydrogen) atoms. The number of nitrogens with one attached hydrogen (secondary N) is 1. The number of nitrogens with two attached hydrogens (primary N) is 1. The molecule has 0 radical (unpaired) electrons. The van der Waals surface area contributed by atoms with Crippen molar-refractivity contribution in [3.8, 4) is 0 Å². The monoisotopic (exact) mass is 519 g/mol. The summed E-state index contributed by atoms with van der Waals surface area (Å²) in [4.78, 5) is 51.9. The molecular weight excluding hydrogens is 502 g/mol. The van der Waals surface area contributed by atoms with Gasteiger partial charge in [-0.1, -0.05) is 23.0 Å². The molecule has 0 bridgehead atoms. The molecule has 2 aromatic heterocycles. The van der Waals surface area contributed by atoms with Crippen molar-refractivity contribution in [1.29, 1.82) is 0 Å². The van der Waals surface area contributed by atoms with E-state index in [1.54, 1.807) is 29.9 Å². The van der Waals surface area contributed by atoms with Crippen molar-refractivity contribution in [2.45, 2.75) is 11.4 Å². The molecule has 2 amide bonds. The van der Waals surface area contributed by atoms with Crippen LogP contribution in [0.4, 0.5) is 5.13 Å². The zero-order valence-electron chi connectivity index (χ0n) is 17.4. The number of rotatable bonds is 8. The number of oxime groups is 1. The number of carboxylic acid groups (broad SMARTS) is 1. The number of nitrogen functional groups attached to an aromatic ring is 1. The average Bonchev–Trinajstić information content (AvgIpc) is 3.26. The van der Waals surface area contributed by atoms with Crippen molar-refractivity contribution in [2.24, 2.45) is 5.16 Å². The molecule has 4 rings (SSSR count). The molecular formula is C19H17N7O5S3. The Balaban J connectivity index is 1.48. The smallest absolute Gasteiger partial charge is 0.353 e. The lowest BCUT2D eigenvalue weighted by Gasteiger charge is -2.49. The van der Waals surface area contributed by atoms with Crippen LogP contribution in [0.5, 0.6) is 0 Å². The molecule has 1 unspecified atom stereocenters. The van der Waals surface area contributed by atoms with Crippen molar-refractivity contribution in [3.05, 3.63) is 51.9 Å². The van der Waals surface area contributed by atoms with E-state index in [9.17, 15) is 19.5 Å². The van der Waals surface area contributed by atoms with E-state index in [4.69, 9.17) is 10.6 Å². The van der Waals surface area contributed by atoms with Crippen LogP contribution in [0.2, 0.25) is 0 Å². The number of β-lactam (4-membered cyclic amide) rings is 1. The normalized spacial score (nSPS) is 20.2. The summed E-state index contributed by atoms with van der Waals surface area (Å²) in [5.74, 6) is -2.18. The van der Waals surface area contributed by atoms with Gasteiger partial charge in [0, 0.05) is 34.6 Å². The summed E-state index contributed by atoms with van der Waals surface area (Å²) < 4.78 is 3.94. The Bertz CT molecular complexity index is 1210. The molecule has 0 saturated carbocycles. The number of carboxylic acids is 1. The minimum absolute atomic E-state index is 0.0352. The zero-order chi connectivity index (χ0) is 24.2. The summed E-state index contributed by atoms with van der Waals surface area (Å²) in [6.45, 7) is 0. The Kier molecular flexibility index (Phi) is 7.14. The number of carbonyl (C=O) groups is 3. The van der Waals surface area contributed by atoms with E-state index in [1.165, 1.54) is 35.5 Å². The van der Waals surface area contributed by atoms with Gasteiger partial charge >= 0.3 is 5.97 Å². The van der Waals surface area contributed by atoms with E-state index in [0.29, 0.717) is 10.7 Å². The maximum absolute atomic E-state index is 12.9. The summed E-state index contributed by atoms with van der Waals surface area (Å²) in [5.41, 5.74) is 6.09. The molecule has 12 nitrogen and oxygen atoms in total. The van der Waals surface area contributed by atoms with E-state index in [-0.39, 0.29) is 22.4 Å². The second-order valence-electron chi connectivity index (χ2n) is 6.72. The molecule has 1 fully saturated rings. The Morgan fingerprint density at radius 2 is 2.29 bits per heavy atom. The van der Waals surface area contributed by atoms with Gasteiger partial charge in [0.05, 0.1) is 0 Å². The number of hydrogen-bond donors (Lipinski definition) is 3. The third-order valence-electron chi connectivity index (χ3n) is 4.63. The number of amides is 2. The number of fused-ring (bicyclic) bond motifs is 1. The van der Waals surface area contributed by atoms with Gasteiger partial charge in [-0.2, -0.15) is 9.36 Å². The molecule has 2 aromatic rings. The molecule has 0 aromatic carbocycles. The number of pyridine rings is 1. The number of carbonyl (C=O) groups excluding carboxylic acids is 2. The van der Waals surface area contributed by atoms with Gasteiger partial charge in [0.15, 0.2) is 5.13 Å². The number of thioether (sulfide) groups is 2. The van der Waals surface area contributed by atoms with Crippen molar-refractivity contribution < 1.29 is 24.3 Å². The van der Waals surface area contributed by atoms with Crippen LogP contribution in [0.15, 0.2) is 45.7 Å². The average molecular weight is 520 g/mol. The van der Waals surface area contributed by atoms with Crippen LogP contribution < -0.4 is 11.1 Å². The topological polar surface area (TPSA) is 173 Å². The number of hydrogen-bond acceptors (Lipinski definition) is 12. The number of nitrogens with zero attached hydrogens (tertiary/aromatic N) is 5. The van der Waals surface area contributed by atoms with Crippen molar-refractivity contribution in [1.82, 2.24) is 24.6 Å². The SMILES string of the molecule is CON=C(C(=O)NC1C(=O)N2C(C(=O)O)=C(S/C=C\c3cccnc3)CS[C@H]12)c1nsc(N)n1. The first kappa shape index (κ1) is 23.7. The lowest BCUT2D eigenvalue weighted by molar-refractivity contribution is -0.150. The van der Waals surface area contributed by atoms with Crippen LogP contribution in [0.3, 0.4) is 0 Å². The van der Waals surface area contributed by atoms with E-state index in [1.807, 2.05) is 6.07 Å². The highest BCUT2D eigenvalue weighted by Gasteiger charge is 2.54. The molecule has 2 aliphatic rings. The fourth-order valence-electron chi connectivity index (χ4n) is 3.17. The summed E-state index contributed by atoms with van der Waals surface area (Å²) in [7, 11) is 1.25. The largest absolute Gasteiger partial charge is 0.477 e. The first-order chi connectivity index (χ1) is 16.4. The Morgan fingerprint density at radius 1 is 1.47 bits per heavy atom. The van der Waals surface area contributed by atoms with Gasteiger partial charge in [-0.15, -0.1) is 11.8 Å². The molecule has 0 spiro atoms. The summed E-state index contributed by atoms with van der Waals surface area (Å²) in [6, 6.07) is 2.72. The number of aliphatic carboxylic acids is 1. The van der Waals surface area contributed by atoms with Crippen LogP contribution in [-0.4, -0.2) is 72.1 Å². The fraction of sp³-hybridized carbons (Fsp3) is 0.211. The van der Waals surface area contributed by atoms with Gasteiger partial charge in [0.1, 0.15) is 24.2 Å². The molecule has 15 heteroatoms. The lowest BCUT2D eigenvalue weighted by Crippen LogP contribution is -2.71. The third kappa shape index (κ3) is 4.76. The molecule has 2 atom stereocenters. The first-order valence-electron chi connectivity index (χ1n) is 9.56. The molecule has 4 heterocycles. The number of anilines is 1. The van der Waals surface area contributed by atoms with Crippen LogP contribution >= 0.6 is 35.1 Å². The third-order valence-corrected chi connectivity index (χ3v) is 7.53. The summed E-state index contributed by atoms with van der Waals surface area (Å²) in [6.07, 6.45) is 5.14. The van der Waals surface area contributed by atoms with Crippen molar-refractivity contribution in [3.63, 3.8) is 0 Å². The predicted molar refractivity (Wildman–Crippen MR) is 128 cm³/mol. The Labute approximate surface area is 205 Å². The van der Waals surface area contributed by atoms with Gasteiger partial charge in [-0.05, 0) is 23.1 Å². The maximum Gasteiger partial charge on any atom is 0.353 e. The van der Waals surface area contributed by atoms with E-state index < -0.39 is 29.2 Å². The summed E-state index contributed by atoms with van der Waals surface area (Å²) in [5, 5.41) is 17.3. The predicted octanol–water partition coefficient (Wildman–Crippen LogP) is 0.966. The van der Waals surface area contributed by atoms with Crippen LogP contribution in [0, 0.1) is 0 Å². The minimum Gasteiger partial charge on any atom is -0.477 e. The Hall–Kier alpha value is -3.43. The van der Waals surface area contributed by atoms with Crippen molar-refractivity contribution in [2.75, 3.05) is 18.6 Å². The second-order valence-corrected chi connectivity index (χ2v) is 9.61. The maximum atomic E-state index is 12.9. The molecule has 2 aliphatic heterocycles. The lowest BCUT2D eigenvalue weighted by atomic mass is 10.0. The van der Waals surface area contributed by atoms with Crippen LogP contribution in [-0.2, 0) is 19.2 Å². The standard InChI is InChI=1S/C19H17N7O5S3/c1-31-24-11(14-23-19(20)34-25-14)15(27)22-12-16(28)26-13(18(29)30)10(8-33-17(12)26)32-6-4-9-3-2-5-21-7-9/h2-7,12,17H,8H2,1H3,(H,22,27)(H,29,30)(H2,20,23,25)/b6-4-,24-11?/t12?,17-/m1/s1. The quantitative estimate of drug-likeness (QED) is 0.258. The molecule has 4 N–H and O–H groups in total. The highest BCUT2D eigenvalue weighted by atomic mass is 32.2. The Morgan fingerprint density at radius 3 is 2.94 bits per heavy atom. The van der Waals surface area contributed by atoms with Crippen molar-refractivity contribution >= 4 is 69.8 Å². The van der Waals surface area contributed by atoms with Gasteiger partial charge < -0.3 is 21.0 Å². The van der Waals surface area contributed by atoms with Crippen LogP contribution in [0.1, 0.15) is 11.4 Å². The highest BCUT2D eigenvalue weighted by Crippen LogP contribution is 2.43. The zero-order valence-corrected chi connectivity index (χ0v) is 19.9. The summed E-state index contributed by atoms with van der Waals surface area (Å²) >= 11 is 3.45. The number of aromatic nitrogens is 3. The molecule has 176 valence electrons. The fourth-order valence-corrected chi connectivity index (χ4v) is 5.96. The van der Waals surface area contributed by atoms with Gasteiger partial charge in [0.2, 0.25) is 11.5 Å². The first-order valence-corrected chi connectivity index (χ1v) is 12.3. The van der Waals surface area contributed by atoms with Gasteiger partial charge in [0.25, 0.3) is 11.8 Å². The minimum atomic E-state index is -1.22. The van der Waals surface area contributed by atoms with Gasteiger partial charge in [-0.3, -0.25) is 19.5 Å². The van der Waals surface area contributed by atoms with E-state index >= 15 is 0 Å². The second kappa shape index (κ2) is 10.2. The van der Waals surface area contributed by atoms with Gasteiger partial charge in [-0.25, -0.2) is 4.79 Å². The van der Waals surface area contributed by atoms with E-state index in [0.717, 1.165) is 17.1 Å².